The second-order valence-electron chi connectivity index (χ2n) is 5.34. The lowest BCUT2D eigenvalue weighted by Crippen LogP contribution is -2.47. The Morgan fingerprint density at radius 3 is 2.68 bits per heavy atom. The third-order valence-corrected chi connectivity index (χ3v) is 4.06. The Hall–Kier alpha value is -1.85. The van der Waals surface area contributed by atoms with Gasteiger partial charge < -0.3 is 10.0 Å². The summed E-state index contributed by atoms with van der Waals surface area (Å²) in [7, 11) is 1.79. The Kier molecular flexibility index (Phi) is 2.80. The first-order valence-corrected chi connectivity index (χ1v) is 6.61. The Balaban J connectivity index is 2.02. The minimum absolute atomic E-state index is 0.0752. The predicted molar refractivity (Wildman–Crippen MR) is 66.2 cm³/mol. The molecule has 1 aromatic heterocycles. The van der Waals surface area contributed by atoms with Gasteiger partial charge in [-0.1, -0.05) is 0 Å². The van der Waals surface area contributed by atoms with E-state index in [0.29, 0.717) is 12.8 Å². The normalized spacial score (nSPS) is 27.6. The molecule has 1 N–H and O–H groups in total. The molecule has 1 amide bonds. The van der Waals surface area contributed by atoms with E-state index in [9.17, 15) is 14.7 Å². The van der Waals surface area contributed by atoms with Crippen LogP contribution >= 0.6 is 0 Å². The summed E-state index contributed by atoms with van der Waals surface area (Å²) >= 11 is 0. The van der Waals surface area contributed by atoms with Gasteiger partial charge in [0.2, 0.25) is 5.91 Å². The summed E-state index contributed by atoms with van der Waals surface area (Å²) < 4.78 is 1.68. The van der Waals surface area contributed by atoms with E-state index in [1.165, 1.54) is 0 Å². The molecule has 3 rings (SSSR count). The molecule has 6 heteroatoms. The van der Waals surface area contributed by atoms with Crippen LogP contribution in [0.25, 0.3) is 0 Å². The van der Waals surface area contributed by atoms with Gasteiger partial charge in [0, 0.05) is 25.7 Å². The smallest absolute Gasteiger partial charge is 0.309 e. The highest BCUT2D eigenvalue weighted by atomic mass is 16.4. The molecule has 1 aromatic rings. The van der Waals surface area contributed by atoms with E-state index in [1.807, 2.05) is 6.07 Å². The number of rotatable bonds is 3. The van der Waals surface area contributed by atoms with Crippen molar-refractivity contribution >= 4 is 11.9 Å². The quantitative estimate of drug-likeness (QED) is 0.880. The van der Waals surface area contributed by atoms with Crippen LogP contribution in [-0.4, -0.2) is 37.7 Å². The molecule has 1 aliphatic heterocycles. The molecular weight excluding hydrogens is 246 g/mol. The van der Waals surface area contributed by atoms with Crippen LogP contribution in [0.2, 0.25) is 0 Å². The average molecular weight is 263 g/mol. The summed E-state index contributed by atoms with van der Waals surface area (Å²) in [6, 6.07) is 1.66. The van der Waals surface area contributed by atoms with Crippen molar-refractivity contribution in [2.45, 2.75) is 37.8 Å². The van der Waals surface area contributed by atoms with E-state index >= 15 is 0 Å². The summed E-state index contributed by atoms with van der Waals surface area (Å²) in [5.74, 6) is -1.29. The summed E-state index contributed by atoms with van der Waals surface area (Å²) in [5, 5.41) is 13.5. The van der Waals surface area contributed by atoms with Gasteiger partial charge in [-0.05, 0) is 25.3 Å². The molecule has 6 nitrogen and oxygen atoms in total. The van der Waals surface area contributed by atoms with Crippen LogP contribution in [0, 0.1) is 5.92 Å². The lowest BCUT2D eigenvalue weighted by Gasteiger charge is -2.39. The van der Waals surface area contributed by atoms with Crippen molar-refractivity contribution in [1.29, 1.82) is 0 Å². The first-order valence-electron chi connectivity index (χ1n) is 6.61. The summed E-state index contributed by atoms with van der Waals surface area (Å²) in [5.41, 5.74) is 0.812. The van der Waals surface area contributed by atoms with Crippen LogP contribution in [0.15, 0.2) is 12.3 Å². The average Bonchev–Trinajstić information content (AvgIpc) is 3.10. The molecule has 102 valence electrons. The third-order valence-electron chi connectivity index (χ3n) is 4.06. The van der Waals surface area contributed by atoms with Crippen LogP contribution in [-0.2, 0) is 16.6 Å². The van der Waals surface area contributed by atoms with E-state index in [2.05, 4.69) is 5.10 Å². The van der Waals surface area contributed by atoms with Crippen LogP contribution < -0.4 is 0 Å². The van der Waals surface area contributed by atoms with Gasteiger partial charge in [-0.25, -0.2) is 0 Å². The molecule has 1 saturated carbocycles. The van der Waals surface area contributed by atoms with Gasteiger partial charge in [-0.2, -0.15) is 5.10 Å². The van der Waals surface area contributed by atoms with E-state index < -0.39 is 11.9 Å². The number of aryl methyl sites for hydroxylation is 1. The Labute approximate surface area is 111 Å². The molecule has 2 atom stereocenters. The van der Waals surface area contributed by atoms with Crippen molar-refractivity contribution in [3.63, 3.8) is 0 Å². The van der Waals surface area contributed by atoms with E-state index in [-0.39, 0.29) is 18.0 Å². The number of amides is 1. The summed E-state index contributed by atoms with van der Waals surface area (Å²) in [4.78, 5) is 25.5. The molecule has 0 radical (unpaired) electrons. The molecule has 2 aliphatic rings. The van der Waals surface area contributed by atoms with Crippen molar-refractivity contribution < 1.29 is 14.7 Å². The number of aromatic nitrogens is 2. The maximum atomic E-state index is 12.2. The second-order valence-corrected chi connectivity index (χ2v) is 5.34. The Morgan fingerprint density at radius 1 is 1.42 bits per heavy atom. The Morgan fingerprint density at radius 2 is 2.16 bits per heavy atom. The van der Waals surface area contributed by atoms with Crippen molar-refractivity contribution in [2.75, 3.05) is 0 Å². The van der Waals surface area contributed by atoms with E-state index in [4.69, 9.17) is 0 Å². The molecule has 0 unspecified atom stereocenters. The highest BCUT2D eigenvalue weighted by Crippen LogP contribution is 2.43. The van der Waals surface area contributed by atoms with Gasteiger partial charge in [-0.15, -0.1) is 0 Å². The standard InChI is InChI=1S/C13H17N3O3/c1-15-10(6-7-14-15)12-9(13(18)19)4-5-11(17)16(12)8-2-3-8/h6-9,12H,2-5H2,1H3,(H,18,19)/t9-,12+/m0/s1. The number of carboxylic acid groups (broad SMARTS) is 1. The molecular formula is C13H17N3O3. The highest BCUT2D eigenvalue weighted by molar-refractivity contribution is 5.82. The van der Waals surface area contributed by atoms with Crippen LogP contribution in [0.3, 0.4) is 0 Å². The lowest BCUT2D eigenvalue weighted by molar-refractivity contribution is -0.152. The molecule has 1 saturated heterocycles. The SMILES string of the molecule is Cn1nccc1[C@H]1[C@@H](C(=O)O)CCC(=O)N1C1CC1. The number of hydrogen-bond acceptors (Lipinski definition) is 3. The number of carboxylic acids is 1. The minimum Gasteiger partial charge on any atom is -0.481 e. The second kappa shape index (κ2) is 4.36. The summed E-state index contributed by atoms with van der Waals surface area (Å²) in [6.45, 7) is 0. The molecule has 2 heterocycles. The van der Waals surface area contributed by atoms with Gasteiger partial charge in [0.1, 0.15) is 0 Å². The van der Waals surface area contributed by atoms with Gasteiger partial charge in [0.15, 0.2) is 0 Å². The number of hydrogen-bond donors (Lipinski definition) is 1. The van der Waals surface area contributed by atoms with Crippen LogP contribution in [0.5, 0.6) is 0 Å². The lowest BCUT2D eigenvalue weighted by atomic mass is 9.86. The fraction of sp³-hybridized carbons (Fsp3) is 0.615. The highest BCUT2D eigenvalue weighted by Gasteiger charge is 2.47. The Bertz CT molecular complexity index is 521. The minimum atomic E-state index is -0.829. The molecule has 0 aromatic carbocycles. The molecule has 0 spiro atoms. The summed E-state index contributed by atoms with van der Waals surface area (Å²) in [6.07, 6.45) is 4.35. The maximum absolute atomic E-state index is 12.2. The van der Waals surface area contributed by atoms with Gasteiger partial charge in [-0.3, -0.25) is 14.3 Å². The predicted octanol–water partition coefficient (Wildman–Crippen LogP) is 0.947. The number of carbonyl (C=O) groups excluding carboxylic acids is 1. The molecule has 2 fully saturated rings. The largest absolute Gasteiger partial charge is 0.481 e. The number of likely N-dealkylation sites (tertiary alicyclic amines) is 1. The van der Waals surface area contributed by atoms with E-state index in [0.717, 1.165) is 18.5 Å². The van der Waals surface area contributed by atoms with Crippen molar-refractivity contribution in [1.82, 2.24) is 14.7 Å². The topological polar surface area (TPSA) is 75.4 Å². The molecule has 19 heavy (non-hydrogen) atoms. The van der Waals surface area contributed by atoms with Gasteiger partial charge >= 0.3 is 5.97 Å². The number of aliphatic carboxylic acids is 1. The third kappa shape index (κ3) is 2.01. The molecule has 1 aliphatic carbocycles. The van der Waals surface area contributed by atoms with Gasteiger partial charge in [0.05, 0.1) is 17.7 Å². The monoisotopic (exact) mass is 263 g/mol. The van der Waals surface area contributed by atoms with Gasteiger partial charge in [0.25, 0.3) is 0 Å². The van der Waals surface area contributed by atoms with Crippen LogP contribution in [0.1, 0.15) is 37.4 Å². The van der Waals surface area contributed by atoms with Crippen LogP contribution in [0.4, 0.5) is 0 Å². The first-order chi connectivity index (χ1) is 9.09. The number of carbonyl (C=O) groups is 2. The number of nitrogens with zero attached hydrogens (tertiary/aromatic N) is 3. The maximum Gasteiger partial charge on any atom is 0.309 e. The van der Waals surface area contributed by atoms with Crippen molar-refractivity contribution in [2.24, 2.45) is 13.0 Å². The fourth-order valence-corrected chi connectivity index (χ4v) is 2.98. The zero-order valence-corrected chi connectivity index (χ0v) is 10.8. The molecule has 0 bridgehead atoms. The number of piperidine rings is 1. The fourth-order valence-electron chi connectivity index (χ4n) is 2.98. The van der Waals surface area contributed by atoms with E-state index in [1.54, 1.807) is 22.8 Å². The zero-order chi connectivity index (χ0) is 13.6. The van der Waals surface area contributed by atoms with Crippen molar-refractivity contribution in [3.05, 3.63) is 18.0 Å². The van der Waals surface area contributed by atoms with Crippen molar-refractivity contribution in [3.8, 4) is 0 Å². The zero-order valence-electron chi connectivity index (χ0n) is 10.8. The first kappa shape index (κ1) is 12.2.